The molecule has 0 unspecified atom stereocenters. The second-order valence-electron chi connectivity index (χ2n) is 5.80. The molecule has 0 heterocycles. The Kier molecular flexibility index (Phi) is 6.14. The standard InChI is InChI=1S/C18H24N4O2/c1-12-3-2-4-14(9-12)18(24)22-11-15-6-5-13(17(19)20)10-16(15)21-7-8-23/h2-4,9-10,21,23H,5-8,11H2,1H3,(H3,19,20)(H,22,24). The number of aliphatic hydroxyl groups is 1. The Labute approximate surface area is 142 Å². The lowest BCUT2D eigenvalue weighted by Crippen LogP contribution is -2.30. The zero-order chi connectivity index (χ0) is 17.5. The van der Waals surface area contributed by atoms with Crippen molar-refractivity contribution in [1.29, 1.82) is 5.41 Å². The van der Waals surface area contributed by atoms with E-state index in [-0.39, 0.29) is 18.3 Å². The summed E-state index contributed by atoms with van der Waals surface area (Å²) in [4.78, 5) is 12.3. The van der Waals surface area contributed by atoms with E-state index in [0.717, 1.165) is 22.4 Å². The van der Waals surface area contributed by atoms with Crippen LogP contribution in [0.5, 0.6) is 0 Å². The lowest BCUT2D eigenvalue weighted by atomic mass is 9.95. The van der Waals surface area contributed by atoms with E-state index in [9.17, 15) is 4.79 Å². The Bertz CT molecular complexity index is 692. The third-order valence-corrected chi connectivity index (χ3v) is 3.91. The van der Waals surface area contributed by atoms with Crippen LogP contribution in [0, 0.1) is 12.3 Å². The third kappa shape index (κ3) is 4.70. The minimum atomic E-state index is -0.117. The number of amidine groups is 1. The molecule has 24 heavy (non-hydrogen) atoms. The monoisotopic (exact) mass is 328 g/mol. The number of rotatable bonds is 7. The molecule has 0 radical (unpaired) electrons. The van der Waals surface area contributed by atoms with E-state index < -0.39 is 0 Å². The third-order valence-electron chi connectivity index (χ3n) is 3.91. The molecule has 1 amide bonds. The first-order valence-corrected chi connectivity index (χ1v) is 7.98. The maximum atomic E-state index is 12.3. The number of aliphatic hydroxyl groups excluding tert-OH is 1. The highest BCUT2D eigenvalue weighted by Crippen LogP contribution is 2.22. The van der Waals surface area contributed by atoms with Crippen molar-refractivity contribution >= 4 is 11.7 Å². The SMILES string of the molecule is Cc1cccc(C(=O)NCC2=C(NCCO)C=C(C(=N)N)CC2)c1. The molecule has 0 saturated heterocycles. The highest BCUT2D eigenvalue weighted by Gasteiger charge is 2.16. The van der Waals surface area contributed by atoms with Gasteiger partial charge in [0.25, 0.3) is 5.91 Å². The summed E-state index contributed by atoms with van der Waals surface area (Å²) < 4.78 is 0. The summed E-state index contributed by atoms with van der Waals surface area (Å²) in [5.41, 5.74) is 9.87. The number of carbonyl (C=O) groups is 1. The van der Waals surface area contributed by atoms with Crippen molar-refractivity contribution in [2.75, 3.05) is 19.7 Å². The number of nitrogens with two attached hydrogens (primary N) is 1. The van der Waals surface area contributed by atoms with Crippen molar-refractivity contribution in [2.45, 2.75) is 19.8 Å². The minimum absolute atomic E-state index is 0.00960. The smallest absolute Gasteiger partial charge is 0.251 e. The van der Waals surface area contributed by atoms with Gasteiger partial charge in [-0.2, -0.15) is 0 Å². The molecule has 6 heteroatoms. The largest absolute Gasteiger partial charge is 0.395 e. The first kappa shape index (κ1) is 17.7. The van der Waals surface area contributed by atoms with Crippen molar-refractivity contribution in [1.82, 2.24) is 10.6 Å². The first-order valence-electron chi connectivity index (χ1n) is 7.98. The van der Waals surface area contributed by atoms with Crippen molar-refractivity contribution in [3.05, 3.63) is 58.3 Å². The predicted octanol–water partition coefficient (Wildman–Crippen LogP) is 1.22. The summed E-state index contributed by atoms with van der Waals surface area (Å²) in [6, 6.07) is 7.45. The zero-order valence-corrected chi connectivity index (χ0v) is 13.9. The van der Waals surface area contributed by atoms with Gasteiger partial charge in [-0.3, -0.25) is 10.2 Å². The van der Waals surface area contributed by atoms with Gasteiger partial charge in [-0.15, -0.1) is 0 Å². The second-order valence-corrected chi connectivity index (χ2v) is 5.80. The number of hydrogen-bond donors (Lipinski definition) is 5. The summed E-state index contributed by atoms with van der Waals surface area (Å²) >= 11 is 0. The van der Waals surface area contributed by atoms with Gasteiger partial charge in [-0.1, -0.05) is 17.7 Å². The Morgan fingerprint density at radius 1 is 1.38 bits per heavy atom. The summed E-state index contributed by atoms with van der Waals surface area (Å²) in [5.74, 6) is -0.0600. The van der Waals surface area contributed by atoms with Gasteiger partial charge in [-0.25, -0.2) is 0 Å². The fourth-order valence-electron chi connectivity index (χ4n) is 2.61. The van der Waals surface area contributed by atoms with Gasteiger partial charge in [0.1, 0.15) is 5.84 Å². The normalized spacial score (nSPS) is 14.2. The Morgan fingerprint density at radius 3 is 2.83 bits per heavy atom. The molecule has 0 spiro atoms. The number of amides is 1. The van der Waals surface area contributed by atoms with Gasteiger partial charge >= 0.3 is 0 Å². The summed E-state index contributed by atoms with van der Waals surface area (Å²) in [6.45, 7) is 2.79. The van der Waals surface area contributed by atoms with E-state index in [4.69, 9.17) is 16.2 Å². The molecule has 0 bridgehead atoms. The lowest BCUT2D eigenvalue weighted by Gasteiger charge is -2.21. The fourth-order valence-corrected chi connectivity index (χ4v) is 2.61. The van der Waals surface area contributed by atoms with Crippen LogP contribution in [0.2, 0.25) is 0 Å². The number of benzene rings is 1. The van der Waals surface area contributed by atoms with E-state index in [1.54, 1.807) is 6.07 Å². The topological polar surface area (TPSA) is 111 Å². The predicted molar refractivity (Wildman–Crippen MR) is 94.9 cm³/mol. The Balaban J connectivity index is 2.09. The van der Waals surface area contributed by atoms with Gasteiger partial charge < -0.3 is 21.5 Å². The van der Waals surface area contributed by atoms with Gasteiger partial charge in [0.05, 0.1) is 6.61 Å². The highest BCUT2D eigenvalue weighted by molar-refractivity contribution is 5.95. The number of hydrogen-bond acceptors (Lipinski definition) is 4. The molecule has 0 aliphatic heterocycles. The van der Waals surface area contributed by atoms with Crippen LogP contribution in [0.15, 0.2) is 47.2 Å². The van der Waals surface area contributed by atoms with E-state index in [2.05, 4.69) is 10.6 Å². The molecule has 1 aromatic carbocycles. The molecule has 0 fully saturated rings. The molecule has 1 aliphatic rings. The van der Waals surface area contributed by atoms with E-state index in [1.165, 1.54) is 0 Å². The maximum absolute atomic E-state index is 12.3. The average molecular weight is 328 g/mol. The molecule has 6 N–H and O–H groups in total. The van der Waals surface area contributed by atoms with Crippen LogP contribution in [0.3, 0.4) is 0 Å². The molecule has 0 saturated carbocycles. The summed E-state index contributed by atoms with van der Waals surface area (Å²) in [5, 5.41) is 22.6. The zero-order valence-electron chi connectivity index (χ0n) is 13.9. The minimum Gasteiger partial charge on any atom is -0.395 e. The number of nitrogens with one attached hydrogen (secondary N) is 3. The van der Waals surface area contributed by atoms with Crippen LogP contribution >= 0.6 is 0 Å². The molecule has 128 valence electrons. The number of allylic oxidation sites excluding steroid dienone is 1. The highest BCUT2D eigenvalue weighted by atomic mass is 16.3. The molecular weight excluding hydrogens is 304 g/mol. The van der Waals surface area contributed by atoms with Crippen molar-refractivity contribution in [3.63, 3.8) is 0 Å². The van der Waals surface area contributed by atoms with Crippen molar-refractivity contribution in [2.24, 2.45) is 5.73 Å². The molecule has 0 aromatic heterocycles. The molecule has 0 atom stereocenters. The van der Waals surface area contributed by atoms with Crippen LogP contribution < -0.4 is 16.4 Å². The van der Waals surface area contributed by atoms with Gasteiger partial charge in [0.2, 0.25) is 0 Å². The van der Waals surface area contributed by atoms with Crippen LogP contribution in [0.1, 0.15) is 28.8 Å². The van der Waals surface area contributed by atoms with Crippen LogP contribution in [0.25, 0.3) is 0 Å². The number of aryl methyl sites for hydroxylation is 1. The Hall–Kier alpha value is -2.60. The van der Waals surface area contributed by atoms with Crippen molar-refractivity contribution in [3.8, 4) is 0 Å². The molecule has 2 rings (SSSR count). The van der Waals surface area contributed by atoms with Crippen LogP contribution in [-0.2, 0) is 0 Å². The quantitative estimate of drug-likeness (QED) is 0.383. The van der Waals surface area contributed by atoms with Gasteiger partial charge in [0.15, 0.2) is 0 Å². The second kappa shape index (κ2) is 8.31. The van der Waals surface area contributed by atoms with Gasteiger partial charge in [-0.05, 0) is 49.1 Å². The molecular formula is C18H24N4O2. The van der Waals surface area contributed by atoms with Gasteiger partial charge in [0, 0.05) is 24.4 Å². The van der Waals surface area contributed by atoms with Crippen LogP contribution in [-0.4, -0.2) is 36.5 Å². The molecule has 1 aliphatic carbocycles. The van der Waals surface area contributed by atoms with E-state index in [0.29, 0.717) is 31.5 Å². The van der Waals surface area contributed by atoms with Crippen molar-refractivity contribution < 1.29 is 9.90 Å². The average Bonchev–Trinajstić information content (AvgIpc) is 2.58. The first-order chi connectivity index (χ1) is 11.5. The number of carbonyl (C=O) groups excluding carboxylic acids is 1. The fraction of sp³-hybridized carbons (Fsp3) is 0.333. The summed E-state index contributed by atoms with van der Waals surface area (Å²) in [6.07, 6.45) is 3.22. The summed E-state index contributed by atoms with van der Waals surface area (Å²) in [7, 11) is 0. The van der Waals surface area contributed by atoms with E-state index in [1.807, 2.05) is 31.2 Å². The van der Waals surface area contributed by atoms with E-state index >= 15 is 0 Å². The molecule has 1 aromatic rings. The molecule has 6 nitrogen and oxygen atoms in total. The van der Waals surface area contributed by atoms with Crippen LogP contribution in [0.4, 0.5) is 0 Å². The Morgan fingerprint density at radius 2 is 2.17 bits per heavy atom. The maximum Gasteiger partial charge on any atom is 0.251 e. The lowest BCUT2D eigenvalue weighted by molar-refractivity contribution is 0.0956.